The molecule has 0 aliphatic heterocycles. The van der Waals surface area contributed by atoms with E-state index in [1.807, 2.05) is 6.92 Å². The molecule has 0 aromatic carbocycles. The Bertz CT molecular complexity index is 155. The third-order valence-electron chi connectivity index (χ3n) is 1.65. The fourth-order valence-electron chi connectivity index (χ4n) is 0.788. The van der Waals surface area contributed by atoms with Gasteiger partial charge in [-0.05, 0) is 6.42 Å². The van der Waals surface area contributed by atoms with Crippen molar-refractivity contribution in [2.45, 2.75) is 20.3 Å². The van der Waals surface area contributed by atoms with Crippen molar-refractivity contribution in [2.24, 2.45) is 11.8 Å². The second kappa shape index (κ2) is 3.94. The van der Waals surface area contributed by atoms with Crippen molar-refractivity contribution >= 4 is 5.97 Å². The van der Waals surface area contributed by atoms with Gasteiger partial charge in [0.25, 0.3) is 0 Å². The molecule has 0 radical (unpaired) electrons. The SMILES string of the molecule is C#C[C@H](CC)[C@@H](C)C(=O)O. The van der Waals surface area contributed by atoms with E-state index in [1.165, 1.54) is 0 Å². The molecule has 2 heteroatoms. The molecule has 0 rings (SSSR count). The molecule has 0 spiro atoms. The van der Waals surface area contributed by atoms with Gasteiger partial charge in [0, 0.05) is 5.92 Å². The van der Waals surface area contributed by atoms with Crippen LogP contribution in [0.25, 0.3) is 0 Å². The zero-order chi connectivity index (χ0) is 8.15. The first kappa shape index (κ1) is 9.03. The minimum absolute atomic E-state index is 0.127. The van der Waals surface area contributed by atoms with Crippen molar-refractivity contribution in [3.8, 4) is 12.3 Å². The summed E-state index contributed by atoms with van der Waals surface area (Å²) in [6.07, 6.45) is 5.83. The Morgan fingerprint density at radius 2 is 2.30 bits per heavy atom. The molecule has 0 amide bonds. The first-order valence-electron chi connectivity index (χ1n) is 3.32. The van der Waals surface area contributed by atoms with Gasteiger partial charge in [-0.3, -0.25) is 4.79 Å². The van der Waals surface area contributed by atoms with Crippen LogP contribution in [0.4, 0.5) is 0 Å². The standard InChI is InChI=1S/C8H12O2/c1-4-7(5-2)6(3)8(9)10/h1,6-7H,5H2,2-3H3,(H,9,10)/t6-,7-/m1/s1. The van der Waals surface area contributed by atoms with E-state index in [1.54, 1.807) is 6.92 Å². The van der Waals surface area contributed by atoms with Gasteiger partial charge in [0.05, 0.1) is 5.92 Å². The van der Waals surface area contributed by atoms with Gasteiger partial charge in [-0.1, -0.05) is 13.8 Å². The van der Waals surface area contributed by atoms with Gasteiger partial charge in [-0.15, -0.1) is 12.3 Å². The highest BCUT2D eigenvalue weighted by Crippen LogP contribution is 2.13. The van der Waals surface area contributed by atoms with Crippen molar-refractivity contribution in [1.82, 2.24) is 0 Å². The molecule has 0 aromatic rings. The molecule has 1 N–H and O–H groups in total. The Morgan fingerprint density at radius 3 is 2.40 bits per heavy atom. The highest BCUT2D eigenvalue weighted by Gasteiger charge is 2.19. The van der Waals surface area contributed by atoms with Crippen LogP contribution < -0.4 is 0 Å². The van der Waals surface area contributed by atoms with Crippen LogP contribution in [0.1, 0.15) is 20.3 Å². The summed E-state index contributed by atoms with van der Waals surface area (Å²) < 4.78 is 0. The van der Waals surface area contributed by atoms with Gasteiger partial charge < -0.3 is 5.11 Å². The number of hydrogen-bond donors (Lipinski definition) is 1. The van der Waals surface area contributed by atoms with E-state index in [2.05, 4.69) is 5.92 Å². The van der Waals surface area contributed by atoms with Crippen molar-refractivity contribution in [1.29, 1.82) is 0 Å². The lowest BCUT2D eigenvalue weighted by molar-refractivity contribution is -0.142. The normalized spacial score (nSPS) is 15.3. The van der Waals surface area contributed by atoms with E-state index in [9.17, 15) is 4.79 Å². The second-order valence-electron chi connectivity index (χ2n) is 2.31. The number of terminal acetylenes is 1. The summed E-state index contributed by atoms with van der Waals surface area (Å²) in [6, 6.07) is 0. The third-order valence-corrected chi connectivity index (χ3v) is 1.65. The first-order valence-corrected chi connectivity index (χ1v) is 3.32. The van der Waals surface area contributed by atoms with Crippen molar-refractivity contribution < 1.29 is 9.90 Å². The summed E-state index contributed by atoms with van der Waals surface area (Å²) in [6.45, 7) is 3.53. The van der Waals surface area contributed by atoms with Gasteiger partial charge in [0.2, 0.25) is 0 Å². The molecule has 0 bridgehead atoms. The molecule has 2 atom stereocenters. The van der Waals surface area contributed by atoms with Gasteiger partial charge in [-0.2, -0.15) is 0 Å². The maximum atomic E-state index is 10.4. The molecule has 0 fully saturated rings. The third kappa shape index (κ3) is 2.10. The topological polar surface area (TPSA) is 37.3 Å². The molecule has 0 unspecified atom stereocenters. The zero-order valence-corrected chi connectivity index (χ0v) is 6.29. The molecule has 0 aliphatic rings. The predicted octanol–water partition coefficient (Wildman–Crippen LogP) is 1.37. The average Bonchev–Trinajstić information content (AvgIpc) is 1.90. The summed E-state index contributed by atoms with van der Waals surface area (Å²) in [5, 5.41) is 8.52. The number of carboxylic acids is 1. The second-order valence-corrected chi connectivity index (χ2v) is 2.31. The minimum Gasteiger partial charge on any atom is -0.481 e. The fraction of sp³-hybridized carbons (Fsp3) is 0.625. The molecule has 2 nitrogen and oxygen atoms in total. The monoisotopic (exact) mass is 140 g/mol. The molecule has 0 saturated carbocycles. The van der Waals surface area contributed by atoms with Crippen LogP contribution in [-0.2, 0) is 4.79 Å². The maximum absolute atomic E-state index is 10.4. The predicted molar refractivity (Wildman–Crippen MR) is 39.4 cm³/mol. The Kier molecular flexibility index (Phi) is 3.56. The largest absolute Gasteiger partial charge is 0.481 e. The highest BCUT2D eigenvalue weighted by atomic mass is 16.4. The number of rotatable bonds is 3. The number of carbonyl (C=O) groups is 1. The first-order chi connectivity index (χ1) is 4.63. The number of carboxylic acid groups (broad SMARTS) is 1. The van der Waals surface area contributed by atoms with Crippen molar-refractivity contribution in [2.75, 3.05) is 0 Å². The van der Waals surface area contributed by atoms with E-state index in [-0.39, 0.29) is 5.92 Å². The highest BCUT2D eigenvalue weighted by molar-refractivity contribution is 5.70. The van der Waals surface area contributed by atoms with Gasteiger partial charge >= 0.3 is 5.97 Å². The number of hydrogen-bond acceptors (Lipinski definition) is 1. The minimum atomic E-state index is -0.815. The molecule has 10 heavy (non-hydrogen) atoms. The van der Waals surface area contributed by atoms with Crippen LogP contribution in [0.2, 0.25) is 0 Å². The summed E-state index contributed by atoms with van der Waals surface area (Å²) >= 11 is 0. The summed E-state index contributed by atoms with van der Waals surface area (Å²) in [4.78, 5) is 10.4. The Hall–Kier alpha value is -0.970. The lowest BCUT2D eigenvalue weighted by Gasteiger charge is -2.11. The van der Waals surface area contributed by atoms with E-state index in [4.69, 9.17) is 11.5 Å². The van der Waals surface area contributed by atoms with E-state index in [0.717, 1.165) is 6.42 Å². The van der Waals surface area contributed by atoms with Crippen LogP contribution in [0.15, 0.2) is 0 Å². The van der Waals surface area contributed by atoms with Crippen LogP contribution in [0, 0.1) is 24.2 Å². The average molecular weight is 140 g/mol. The molecule has 0 aromatic heterocycles. The van der Waals surface area contributed by atoms with E-state index < -0.39 is 11.9 Å². The summed E-state index contributed by atoms with van der Waals surface area (Å²) in [5.41, 5.74) is 0. The smallest absolute Gasteiger partial charge is 0.307 e. The lowest BCUT2D eigenvalue weighted by atomic mass is 9.93. The molecule has 0 saturated heterocycles. The Morgan fingerprint density at radius 1 is 1.80 bits per heavy atom. The summed E-state index contributed by atoms with van der Waals surface area (Å²) in [7, 11) is 0. The van der Waals surface area contributed by atoms with Crippen LogP contribution >= 0.6 is 0 Å². The van der Waals surface area contributed by atoms with Crippen molar-refractivity contribution in [3.63, 3.8) is 0 Å². The van der Waals surface area contributed by atoms with Crippen LogP contribution in [0.3, 0.4) is 0 Å². The Balaban J connectivity index is 4.05. The van der Waals surface area contributed by atoms with Crippen molar-refractivity contribution in [3.05, 3.63) is 0 Å². The molecular formula is C8H12O2. The molecule has 56 valence electrons. The van der Waals surface area contributed by atoms with E-state index >= 15 is 0 Å². The number of aliphatic carboxylic acids is 1. The molecular weight excluding hydrogens is 128 g/mol. The van der Waals surface area contributed by atoms with Crippen LogP contribution in [-0.4, -0.2) is 11.1 Å². The van der Waals surface area contributed by atoms with Gasteiger partial charge in [0.1, 0.15) is 0 Å². The summed E-state index contributed by atoms with van der Waals surface area (Å²) in [5.74, 6) is 1.09. The van der Waals surface area contributed by atoms with Gasteiger partial charge in [0.15, 0.2) is 0 Å². The quantitative estimate of drug-likeness (QED) is 0.601. The zero-order valence-electron chi connectivity index (χ0n) is 6.29. The lowest BCUT2D eigenvalue weighted by Crippen LogP contribution is -2.18. The maximum Gasteiger partial charge on any atom is 0.307 e. The molecule has 0 heterocycles. The van der Waals surface area contributed by atoms with E-state index in [0.29, 0.717) is 0 Å². The van der Waals surface area contributed by atoms with Gasteiger partial charge in [-0.25, -0.2) is 0 Å². The Labute approximate surface area is 61.2 Å². The van der Waals surface area contributed by atoms with Crippen LogP contribution in [0.5, 0.6) is 0 Å². The molecule has 0 aliphatic carbocycles. The fourth-order valence-corrected chi connectivity index (χ4v) is 0.788.